The van der Waals surface area contributed by atoms with Gasteiger partial charge in [0.25, 0.3) is 0 Å². The maximum Gasteiger partial charge on any atom is 0.204 e. The molecule has 3 rings (SSSR count). The average molecular weight is 384 g/mol. The van der Waals surface area contributed by atoms with E-state index in [-0.39, 0.29) is 0 Å². The van der Waals surface area contributed by atoms with Crippen LogP contribution in [0, 0.1) is 0 Å². The number of benzene rings is 1. The standard InChI is InChI=1S/C20H25N5OS/c1-5-25-23-19(22-24-25)16-10-11-18(26-4)15(12-16)8-6-7-9-17-13-27-20(21-17)14(2)3/h6,8,10-14H,5,7,9H2,1-4H3/b8-6+. The number of allylic oxidation sites excluding steroid dienone is 1. The van der Waals surface area contributed by atoms with Crippen LogP contribution >= 0.6 is 11.3 Å². The Morgan fingerprint density at radius 1 is 1.30 bits per heavy atom. The molecule has 27 heavy (non-hydrogen) atoms. The molecule has 0 radical (unpaired) electrons. The quantitative estimate of drug-likeness (QED) is 0.569. The maximum absolute atomic E-state index is 5.48. The number of nitrogens with zero attached hydrogens (tertiary/aromatic N) is 5. The SMILES string of the molecule is CCn1nnc(-c2ccc(OC)c(/C=C/CCc3csc(C(C)C)n3)c2)n1. The van der Waals surface area contributed by atoms with E-state index >= 15 is 0 Å². The summed E-state index contributed by atoms with van der Waals surface area (Å²) < 4.78 is 5.48. The number of rotatable bonds is 8. The average Bonchev–Trinajstić information content (AvgIpc) is 3.34. The van der Waals surface area contributed by atoms with E-state index in [2.05, 4.69) is 51.8 Å². The van der Waals surface area contributed by atoms with Crippen molar-refractivity contribution < 1.29 is 4.74 Å². The Hall–Kier alpha value is -2.54. The van der Waals surface area contributed by atoms with Crippen molar-refractivity contribution in [3.05, 3.63) is 45.9 Å². The monoisotopic (exact) mass is 383 g/mol. The Labute approximate surface area is 163 Å². The van der Waals surface area contributed by atoms with Crippen LogP contribution in [0.5, 0.6) is 5.75 Å². The normalized spacial score (nSPS) is 11.6. The van der Waals surface area contributed by atoms with Gasteiger partial charge in [-0.15, -0.1) is 21.5 Å². The van der Waals surface area contributed by atoms with Crippen LogP contribution < -0.4 is 4.74 Å². The summed E-state index contributed by atoms with van der Waals surface area (Å²) >= 11 is 1.74. The minimum absolute atomic E-state index is 0.491. The van der Waals surface area contributed by atoms with Crippen molar-refractivity contribution in [1.82, 2.24) is 25.2 Å². The molecule has 0 bridgehead atoms. The van der Waals surface area contributed by atoms with Crippen LogP contribution in [0.2, 0.25) is 0 Å². The second-order valence-corrected chi connectivity index (χ2v) is 7.42. The van der Waals surface area contributed by atoms with Gasteiger partial charge in [-0.05, 0) is 43.2 Å². The van der Waals surface area contributed by atoms with Gasteiger partial charge >= 0.3 is 0 Å². The van der Waals surface area contributed by atoms with E-state index in [0.717, 1.165) is 35.4 Å². The van der Waals surface area contributed by atoms with Gasteiger partial charge in [0.05, 0.1) is 24.4 Å². The molecule has 3 aromatic rings. The van der Waals surface area contributed by atoms with Crippen molar-refractivity contribution in [1.29, 1.82) is 0 Å². The Balaban J connectivity index is 1.70. The van der Waals surface area contributed by atoms with Gasteiger partial charge in [0, 0.05) is 22.4 Å². The van der Waals surface area contributed by atoms with Crippen LogP contribution in [-0.4, -0.2) is 32.3 Å². The second-order valence-electron chi connectivity index (χ2n) is 6.53. The number of aromatic nitrogens is 5. The van der Waals surface area contributed by atoms with Gasteiger partial charge in [0.15, 0.2) is 0 Å². The van der Waals surface area contributed by atoms with Gasteiger partial charge in [0.1, 0.15) is 5.75 Å². The summed E-state index contributed by atoms with van der Waals surface area (Å²) in [6, 6.07) is 5.93. The summed E-state index contributed by atoms with van der Waals surface area (Å²) in [5.74, 6) is 1.94. The van der Waals surface area contributed by atoms with E-state index in [0.29, 0.717) is 18.3 Å². The Morgan fingerprint density at radius 3 is 2.81 bits per heavy atom. The van der Waals surface area contributed by atoms with Crippen molar-refractivity contribution in [2.75, 3.05) is 7.11 Å². The second kappa shape index (κ2) is 8.90. The molecule has 0 N–H and O–H groups in total. The third-order valence-corrected chi connectivity index (χ3v) is 5.35. The molecule has 0 unspecified atom stereocenters. The smallest absolute Gasteiger partial charge is 0.204 e. The van der Waals surface area contributed by atoms with Gasteiger partial charge in [0.2, 0.25) is 5.82 Å². The largest absolute Gasteiger partial charge is 0.496 e. The molecule has 142 valence electrons. The molecule has 0 saturated heterocycles. The Bertz CT molecular complexity index is 913. The molecule has 0 aliphatic heterocycles. The van der Waals surface area contributed by atoms with Gasteiger partial charge < -0.3 is 4.74 Å². The van der Waals surface area contributed by atoms with E-state index in [1.807, 2.05) is 25.1 Å². The highest BCUT2D eigenvalue weighted by Gasteiger charge is 2.09. The fourth-order valence-electron chi connectivity index (χ4n) is 2.64. The zero-order chi connectivity index (χ0) is 19.2. The van der Waals surface area contributed by atoms with Gasteiger partial charge in [-0.25, -0.2) is 4.98 Å². The van der Waals surface area contributed by atoms with E-state index in [1.54, 1.807) is 23.2 Å². The van der Waals surface area contributed by atoms with E-state index < -0.39 is 0 Å². The van der Waals surface area contributed by atoms with Crippen molar-refractivity contribution in [2.45, 2.75) is 46.1 Å². The zero-order valence-electron chi connectivity index (χ0n) is 16.2. The fraction of sp³-hybridized carbons (Fsp3) is 0.400. The highest BCUT2D eigenvalue weighted by atomic mass is 32.1. The molecule has 0 spiro atoms. The summed E-state index contributed by atoms with van der Waals surface area (Å²) in [5.41, 5.74) is 3.09. The topological polar surface area (TPSA) is 65.7 Å². The van der Waals surface area contributed by atoms with Crippen molar-refractivity contribution in [3.63, 3.8) is 0 Å². The Morgan fingerprint density at radius 2 is 2.15 bits per heavy atom. The van der Waals surface area contributed by atoms with E-state index in [4.69, 9.17) is 4.74 Å². The lowest BCUT2D eigenvalue weighted by molar-refractivity contribution is 0.414. The maximum atomic E-state index is 5.48. The molecule has 2 aromatic heterocycles. The number of hydrogen-bond donors (Lipinski definition) is 0. The third kappa shape index (κ3) is 4.80. The van der Waals surface area contributed by atoms with Crippen LogP contribution in [0.15, 0.2) is 29.7 Å². The number of ether oxygens (including phenoxy) is 1. The van der Waals surface area contributed by atoms with Crippen LogP contribution in [0.25, 0.3) is 17.5 Å². The fourth-order valence-corrected chi connectivity index (χ4v) is 3.51. The Kier molecular flexibility index (Phi) is 6.34. The van der Waals surface area contributed by atoms with Crippen LogP contribution in [0.4, 0.5) is 0 Å². The molecule has 0 atom stereocenters. The highest BCUT2D eigenvalue weighted by Crippen LogP contribution is 2.26. The predicted octanol–water partition coefficient (Wildman–Crippen LogP) is 4.59. The minimum atomic E-state index is 0.491. The van der Waals surface area contributed by atoms with E-state index in [9.17, 15) is 0 Å². The number of hydrogen-bond acceptors (Lipinski definition) is 6. The molecular weight excluding hydrogens is 358 g/mol. The lowest BCUT2D eigenvalue weighted by atomic mass is 10.1. The highest BCUT2D eigenvalue weighted by molar-refractivity contribution is 7.09. The van der Waals surface area contributed by atoms with Crippen molar-refractivity contribution >= 4 is 17.4 Å². The summed E-state index contributed by atoms with van der Waals surface area (Å²) in [4.78, 5) is 6.26. The van der Waals surface area contributed by atoms with Gasteiger partial charge in [-0.2, -0.15) is 4.80 Å². The number of thiazole rings is 1. The molecule has 2 heterocycles. The molecule has 0 aliphatic carbocycles. The van der Waals surface area contributed by atoms with Crippen molar-refractivity contribution in [2.24, 2.45) is 0 Å². The molecular formula is C20H25N5OS. The first-order valence-electron chi connectivity index (χ1n) is 9.17. The lowest BCUT2D eigenvalue weighted by Crippen LogP contribution is -1.98. The molecule has 0 aliphatic rings. The first-order chi connectivity index (χ1) is 13.1. The number of tetrazole rings is 1. The molecule has 0 saturated carbocycles. The first-order valence-corrected chi connectivity index (χ1v) is 10.1. The molecule has 0 fully saturated rings. The summed E-state index contributed by atoms with van der Waals surface area (Å²) in [7, 11) is 1.68. The van der Waals surface area contributed by atoms with Crippen LogP contribution in [0.1, 0.15) is 49.4 Å². The number of methoxy groups -OCH3 is 1. The molecule has 1 aromatic carbocycles. The summed E-state index contributed by atoms with van der Waals surface area (Å²) in [6.45, 7) is 7.04. The predicted molar refractivity (Wildman–Crippen MR) is 109 cm³/mol. The van der Waals surface area contributed by atoms with Crippen LogP contribution in [0.3, 0.4) is 0 Å². The van der Waals surface area contributed by atoms with Gasteiger partial charge in [-0.1, -0.05) is 26.0 Å². The van der Waals surface area contributed by atoms with Gasteiger partial charge in [-0.3, -0.25) is 0 Å². The minimum Gasteiger partial charge on any atom is -0.496 e. The number of aryl methyl sites for hydroxylation is 2. The van der Waals surface area contributed by atoms with Crippen molar-refractivity contribution in [3.8, 4) is 17.1 Å². The molecule has 7 heteroatoms. The third-order valence-electron chi connectivity index (χ3n) is 4.15. The lowest BCUT2D eigenvalue weighted by Gasteiger charge is -2.06. The summed E-state index contributed by atoms with van der Waals surface area (Å²) in [6.07, 6.45) is 6.11. The van der Waals surface area contributed by atoms with E-state index in [1.165, 1.54) is 5.01 Å². The molecule has 6 nitrogen and oxygen atoms in total. The zero-order valence-corrected chi connectivity index (χ0v) is 17.0. The van der Waals surface area contributed by atoms with Crippen LogP contribution in [-0.2, 0) is 13.0 Å². The first kappa shape index (κ1) is 19.2. The molecule has 0 amide bonds. The summed E-state index contributed by atoms with van der Waals surface area (Å²) in [5, 5.41) is 15.9.